The monoisotopic (exact) mass is 270 g/mol. The lowest BCUT2D eigenvalue weighted by atomic mass is 10.1. The van der Waals surface area contributed by atoms with Gasteiger partial charge in [0.15, 0.2) is 18.2 Å². The molecule has 4 atom stereocenters. The van der Waals surface area contributed by atoms with Gasteiger partial charge in [-0.15, -0.1) is 0 Å². The average molecular weight is 270 g/mol. The largest absolute Gasteiger partial charge is 0.353 e. The second-order valence-corrected chi connectivity index (χ2v) is 5.13. The van der Waals surface area contributed by atoms with Crippen LogP contribution in [-0.4, -0.2) is 41.5 Å². The first-order valence-electron chi connectivity index (χ1n) is 6.40. The molecule has 0 bridgehead atoms. The molecule has 4 unspecified atom stereocenters. The van der Waals surface area contributed by atoms with Crippen molar-refractivity contribution in [3.05, 3.63) is 11.7 Å². The van der Waals surface area contributed by atoms with Crippen molar-refractivity contribution in [1.82, 2.24) is 10.1 Å². The molecule has 0 spiro atoms. The minimum Gasteiger partial charge on any atom is -0.353 e. The lowest BCUT2D eigenvalue weighted by Crippen LogP contribution is -2.30. The Morgan fingerprint density at radius 3 is 2.63 bits per heavy atom. The van der Waals surface area contributed by atoms with Crippen LogP contribution in [0.1, 0.15) is 38.6 Å². The molecule has 19 heavy (non-hydrogen) atoms. The van der Waals surface area contributed by atoms with Gasteiger partial charge in [-0.3, -0.25) is 0 Å². The van der Waals surface area contributed by atoms with E-state index in [1.807, 2.05) is 20.8 Å². The third-order valence-corrected chi connectivity index (χ3v) is 3.28. The van der Waals surface area contributed by atoms with Crippen LogP contribution < -0.4 is 0 Å². The van der Waals surface area contributed by atoms with E-state index in [1.165, 1.54) is 0 Å². The standard InChI is InChI=1S/C12H18N2O5/c1-5-6-13-10(14-19-6)8-7-9(11(15-4)16-8)18-12(2,3)17-7/h7-9,11H,5H2,1-4H3. The average Bonchev–Trinajstić information content (AvgIpc) is 3.01. The molecule has 3 heterocycles. The van der Waals surface area contributed by atoms with Crippen LogP contribution >= 0.6 is 0 Å². The van der Waals surface area contributed by atoms with Gasteiger partial charge in [0.2, 0.25) is 11.7 Å². The fraction of sp³-hybridized carbons (Fsp3) is 0.833. The maximum Gasteiger partial charge on any atom is 0.226 e. The van der Waals surface area contributed by atoms with Crippen molar-refractivity contribution >= 4 is 0 Å². The lowest BCUT2D eigenvalue weighted by molar-refractivity contribution is -0.229. The molecule has 3 rings (SSSR count). The predicted molar refractivity (Wildman–Crippen MR) is 62.1 cm³/mol. The minimum atomic E-state index is -0.661. The van der Waals surface area contributed by atoms with Gasteiger partial charge < -0.3 is 23.5 Å². The van der Waals surface area contributed by atoms with Crippen LogP contribution in [0.3, 0.4) is 0 Å². The molecule has 2 saturated heterocycles. The van der Waals surface area contributed by atoms with Gasteiger partial charge in [0.25, 0.3) is 0 Å². The van der Waals surface area contributed by atoms with Crippen LogP contribution in [-0.2, 0) is 25.4 Å². The van der Waals surface area contributed by atoms with Gasteiger partial charge in [-0.25, -0.2) is 0 Å². The summed E-state index contributed by atoms with van der Waals surface area (Å²) >= 11 is 0. The summed E-state index contributed by atoms with van der Waals surface area (Å²) in [6, 6.07) is 0. The van der Waals surface area contributed by atoms with Crippen molar-refractivity contribution in [2.75, 3.05) is 7.11 Å². The number of methoxy groups -OCH3 is 1. The Labute approximate surface area is 111 Å². The maximum atomic E-state index is 5.87. The Kier molecular flexibility index (Phi) is 3.09. The fourth-order valence-corrected chi connectivity index (χ4v) is 2.49. The highest BCUT2D eigenvalue weighted by atomic mass is 16.8. The first-order chi connectivity index (χ1) is 9.04. The molecule has 0 aromatic carbocycles. The number of hydrogen-bond acceptors (Lipinski definition) is 7. The van der Waals surface area contributed by atoms with E-state index in [9.17, 15) is 0 Å². The van der Waals surface area contributed by atoms with Gasteiger partial charge in [0.05, 0.1) is 0 Å². The number of aryl methyl sites for hydroxylation is 1. The van der Waals surface area contributed by atoms with Crippen LogP contribution in [0, 0.1) is 0 Å². The molecule has 2 aliphatic heterocycles. The normalized spacial score (nSPS) is 36.6. The summed E-state index contributed by atoms with van der Waals surface area (Å²) in [6.45, 7) is 5.68. The summed E-state index contributed by atoms with van der Waals surface area (Å²) in [7, 11) is 1.58. The number of hydrogen-bond donors (Lipinski definition) is 0. The first-order valence-corrected chi connectivity index (χ1v) is 6.40. The van der Waals surface area contributed by atoms with Crippen LogP contribution in [0.4, 0.5) is 0 Å². The topological polar surface area (TPSA) is 75.8 Å². The van der Waals surface area contributed by atoms with Crippen LogP contribution in [0.15, 0.2) is 4.52 Å². The lowest BCUT2D eigenvalue weighted by Gasteiger charge is -2.22. The second kappa shape index (κ2) is 4.52. The molecule has 1 aromatic rings. The molecule has 2 fully saturated rings. The SMILES string of the molecule is CCc1nc(C2OC(OC)C3OC(C)(C)OC23)no1. The number of fused-ring (bicyclic) bond motifs is 1. The van der Waals surface area contributed by atoms with Crippen molar-refractivity contribution in [3.63, 3.8) is 0 Å². The van der Waals surface area contributed by atoms with Crippen molar-refractivity contribution in [1.29, 1.82) is 0 Å². The summed E-state index contributed by atoms with van der Waals surface area (Å²) in [6.07, 6.45) is -0.804. The maximum absolute atomic E-state index is 5.87. The summed E-state index contributed by atoms with van der Waals surface area (Å²) in [4.78, 5) is 4.29. The minimum absolute atomic E-state index is 0.284. The van der Waals surface area contributed by atoms with Crippen LogP contribution in [0.25, 0.3) is 0 Å². The summed E-state index contributed by atoms with van der Waals surface area (Å²) in [5.41, 5.74) is 0. The number of ether oxygens (including phenoxy) is 4. The highest BCUT2D eigenvalue weighted by Crippen LogP contribution is 2.44. The van der Waals surface area contributed by atoms with Gasteiger partial charge in [0, 0.05) is 13.5 Å². The Morgan fingerprint density at radius 1 is 1.26 bits per heavy atom. The molecule has 0 radical (unpaired) electrons. The number of rotatable bonds is 3. The second-order valence-electron chi connectivity index (χ2n) is 5.13. The Hall–Kier alpha value is -1.02. The third-order valence-electron chi connectivity index (χ3n) is 3.28. The zero-order valence-corrected chi connectivity index (χ0v) is 11.5. The smallest absolute Gasteiger partial charge is 0.226 e. The molecular weight excluding hydrogens is 252 g/mol. The van der Waals surface area contributed by atoms with Crippen LogP contribution in [0.2, 0.25) is 0 Å². The van der Waals surface area contributed by atoms with Crippen molar-refractivity contribution in [3.8, 4) is 0 Å². The number of nitrogens with zero attached hydrogens (tertiary/aromatic N) is 2. The van der Waals surface area contributed by atoms with Gasteiger partial charge in [-0.2, -0.15) is 4.98 Å². The number of aromatic nitrogens is 2. The van der Waals surface area contributed by atoms with E-state index in [0.717, 1.165) is 0 Å². The van der Waals surface area contributed by atoms with Gasteiger partial charge in [-0.05, 0) is 13.8 Å². The summed E-state index contributed by atoms with van der Waals surface area (Å²) in [5, 5.41) is 3.94. The quantitative estimate of drug-likeness (QED) is 0.816. The molecule has 106 valence electrons. The molecule has 2 aliphatic rings. The fourth-order valence-electron chi connectivity index (χ4n) is 2.49. The Bertz CT molecular complexity index is 461. The van der Waals surface area contributed by atoms with Gasteiger partial charge in [-0.1, -0.05) is 12.1 Å². The van der Waals surface area contributed by atoms with Crippen molar-refractivity contribution in [2.24, 2.45) is 0 Å². The highest BCUT2D eigenvalue weighted by Gasteiger charge is 2.57. The zero-order chi connectivity index (χ0) is 13.6. The molecule has 7 heteroatoms. The van der Waals surface area contributed by atoms with E-state index in [1.54, 1.807) is 7.11 Å². The molecule has 0 amide bonds. The molecule has 0 N–H and O–H groups in total. The molecule has 7 nitrogen and oxygen atoms in total. The summed E-state index contributed by atoms with van der Waals surface area (Å²) in [5.74, 6) is 0.396. The van der Waals surface area contributed by atoms with E-state index in [4.69, 9.17) is 23.5 Å². The predicted octanol–water partition coefficient (Wildman–Crippen LogP) is 1.20. The van der Waals surface area contributed by atoms with E-state index in [0.29, 0.717) is 18.1 Å². The third kappa shape index (κ3) is 2.16. The highest BCUT2D eigenvalue weighted by molar-refractivity contribution is 5.04. The van der Waals surface area contributed by atoms with E-state index in [-0.39, 0.29) is 12.2 Å². The zero-order valence-electron chi connectivity index (χ0n) is 11.5. The molecular formula is C12H18N2O5. The Balaban J connectivity index is 1.86. The van der Waals surface area contributed by atoms with Gasteiger partial charge >= 0.3 is 0 Å². The van der Waals surface area contributed by atoms with Crippen molar-refractivity contribution < 1.29 is 23.5 Å². The molecule has 1 aromatic heterocycles. The van der Waals surface area contributed by atoms with Crippen molar-refractivity contribution in [2.45, 2.75) is 57.6 Å². The molecule has 0 aliphatic carbocycles. The molecule has 0 saturated carbocycles. The Morgan fingerprint density at radius 2 is 2.00 bits per heavy atom. The van der Waals surface area contributed by atoms with Gasteiger partial charge in [0.1, 0.15) is 12.2 Å². The first kappa shape index (κ1) is 13.0. The van der Waals surface area contributed by atoms with E-state index >= 15 is 0 Å². The van der Waals surface area contributed by atoms with Crippen LogP contribution in [0.5, 0.6) is 0 Å². The summed E-state index contributed by atoms with van der Waals surface area (Å²) < 4.78 is 27.8. The van der Waals surface area contributed by atoms with E-state index in [2.05, 4.69) is 10.1 Å². The van der Waals surface area contributed by atoms with E-state index < -0.39 is 18.2 Å².